The first kappa shape index (κ1) is 22.6. The summed E-state index contributed by atoms with van der Waals surface area (Å²) >= 11 is 0. The number of nitrogens with zero attached hydrogens (tertiary/aromatic N) is 1. The average Bonchev–Trinajstić information content (AvgIpc) is 3.38. The van der Waals surface area contributed by atoms with Crippen molar-refractivity contribution in [3.63, 3.8) is 0 Å². The van der Waals surface area contributed by atoms with Crippen molar-refractivity contribution >= 4 is 40.8 Å². The quantitative estimate of drug-likeness (QED) is 0.255. The number of aryl methyl sites for hydroxylation is 1. The molecule has 0 spiro atoms. The maximum atomic E-state index is 5.99. The number of hydrogen-bond acceptors (Lipinski definition) is 2. The maximum Gasteiger partial charge on any atom is 0.190 e. The van der Waals surface area contributed by atoms with Gasteiger partial charge in [-0.25, -0.2) is 0 Å². The van der Waals surface area contributed by atoms with Crippen molar-refractivity contribution in [3.05, 3.63) is 71.4 Å². The van der Waals surface area contributed by atoms with Gasteiger partial charge in [-0.15, -0.1) is 24.0 Å². The Balaban J connectivity index is 0.00000256. The molecule has 1 saturated heterocycles. The second-order valence-electron chi connectivity index (χ2n) is 7.74. The van der Waals surface area contributed by atoms with Crippen molar-refractivity contribution in [2.24, 2.45) is 10.9 Å². The Morgan fingerprint density at radius 3 is 2.80 bits per heavy atom. The highest BCUT2D eigenvalue weighted by Gasteiger charge is 2.29. The Bertz CT molecular complexity index is 970. The minimum atomic E-state index is 0. The summed E-state index contributed by atoms with van der Waals surface area (Å²) in [6, 6.07) is 17.1. The van der Waals surface area contributed by atoms with Crippen LogP contribution in [0.4, 0.5) is 0 Å². The van der Waals surface area contributed by atoms with E-state index in [2.05, 4.69) is 76.2 Å². The molecule has 4 rings (SSSR count). The molecule has 6 heteroatoms. The zero-order valence-electron chi connectivity index (χ0n) is 17.7. The van der Waals surface area contributed by atoms with Gasteiger partial charge in [0, 0.05) is 49.8 Å². The average molecular weight is 518 g/mol. The van der Waals surface area contributed by atoms with Gasteiger partial charge in [0.05, 0.1) is 6.10 Å². The van der Waals surface area contributed by atoms with Gasteiger partial charge in [-0.2, -0.15) is 0 Å². The summed E-state index contributed by atoms with van der Waals surface area (Å²) in [6.45, 7) is 4.63. The molecule has 0 radical (unpaired) electrons. The summed E-state index contributed by atoms with van der Waals surface area (Å²) in [7, 11) is 1.82. The molecule has 2 unspecified atom stereocenters. The van der Waals surface area contributed by atoms with Crippen LogP contribution in [-0.2, 0) is 11.2 Å². The fraction of sp³-hybridized carbons (Fsp3) is 0.375. The van der Waals surface area contributed by atoms with E-state index < -0.39 is 0 Å². The zero-order chi connectivity index (χ0) is 20.1. The lowest BCUT2D eigenvalue weighted by Gasteiger charge is -2.20. The molecule has 0 amide bonds. The van der Waals surface area contributed by atoms with Crippen molar-refractivity contribution < 1.29 is 4.74 Å². The standard InChI is InChI=1S/C24H30N4O.HI/c1-17-8-9-21-19(15-27-22(21)14-17)10-12-26-24(25-2)28-16-20-11-13-29-23(20)18-6-4-3-5-7-18;/h3-9,14-15,20,23,27H,10-13,16H2,1-2H3,(H2,25,26,28);1H. The van der Waals surface area contributed by atoms with E-state index in [1.807, 2.05) is 13.1 Å². The molecule has 30 heavy (non-hydrogen) atoms. The van der Waals surface area contributed by atoms with Crippen LogP contribution < -0.4 is 10.6 Å². The molecule has 2 aromatic carbocycles. The molecule has 0 aliphatic carbocycles. The Morgan fingerprint density at radius 2 is 2.00 bits per heavy atom. The molecule has 0 saturated carbocycles. The molecule has 2 atom stereocenters. The van der Waals surface area contributed by atoms with Crippen molar-refractivity contribution in [3.8, 4) is 0 Å². The smallest absolute Gasteiger partial charge is 0.190 e. The van der Waals surface area contributed by atoms with Crippen LogP contribution in [0.3, 0.4) is 0 Å². The largest absolute Gasteiger partial charge is 0.373 e. The topological polar surface area (TPSA) is 61.4 Å². The first-order valence-corrected chi connectivity index (χ1v) is 10.4. The number of ether oxygens (including phenoxy) is 1. The molecule has 160 valence electrons. The van der Waals surface area contributed by atoms with Crippen molar-refractivity contribution in [2.75, 3.05) is 26.7 Å². The lowest BCUT2D eigenvalue weighted by molar-refractivity contribution is 0.0915. The fourth-order valence-corrected chi connectivity index (χ4v) is 4.12. The van der Waals surface area contributed by atoms with Gasteiger partial charge in [0.25, 0.3) is 0 Å². The number of nitrogens with one attached hydrogen (secondary N) is 3. The van der Waals surface area contributed by atoms with Crippen LogP contribution in [0, 0.1) is 12.8 Å². The summed E-state index contributed by atoms with van der Waals surface area (Å²) < 4.78 is 5.99. The van der Waals surface area contributed by atoms with E-state index in [1.165, 1.54) is 27.6 Å². The van der Waals surface area contributed by atoms with Crippen molar-refractivity contribution in [2.45, 2.75) is 25.9 Å². The number of aromatic nitrogens is 1. The van der Waals surface area contributed by atoms with Gasteiger partial charge in [-0.05, 0) is 42.5 Å². The molecule has 5 nitrogen and oxygen atoms in total. The summed E-state index contributed by atoms with van der Waals surface area (Å²) in [5.74, 6) is 1.30. The van der Waals surface area contributed by atoms with Crippen LogP contribution in [0.25, 0.3) is 10.9 Å². The Labute approximate surface area is 195 Å². The maximum absolute atomic E-state index is 5.99. The number of rotatable bonds is 6. The van der Waals surface area contributed by atoms with Gasteiger partial charge in [-0.3, -0.25) is 4.99 Å². The normalized spacial score (nSPS) is 18.9. The van der Waals surface area contributed by atoms with Gasteiger partial charge in [0.15, 0.2) is 5.96 Å². The lowest BCUT2D eigenvalue weighted by atomic mass is 9.95. The van der Waals surface area contributed by atoms with E-state index in [-0.39, 0.29) is 30.1 Å². The van der Waals surface area contributed by atoms with Crippen LogP contribution in [0.2, 0.25) is 0 Å². The number of hydrogen-bond donors (Lipinski definition) is 3. The number of H-pyrrole nitrogens is 1. The molecular weight excluding hydrogens is 487 g/mol. The third-order valence-electron chi connectivity index (χ3n) is 5.71. The van der Waals surface area contributed by atoms with Crippen LogP contribution >= 0.6 is 24.0 Å². The van der Waals surface area contributed by atoms with E-state index in [9.17, 15) is 0 Å². The van der Waals surface area contributed by atoms with Gasteiger partial charge in [-0.1, -0.05) is 42.5 Å². The molecule has 1 aliphatic heterocycles. The number of benzene rings is 2. The summed E-state index contributed by atoms with van der Waals surface area (Å²) in [5.41, 5.74) is 5.07. The molecule has 3 N–H and O–H groups in total. The molecule has 0 bridgehead atoms. The highest BCUT2D eigenvalue weighted by Crippen LogP contribution is 2.33. The monoisotopic (exact) mass is 518 g/mol. The van der Waals surface area contributed by atoms with E-state index in [0.29, 0.717) is 5.92 Å². The van der Waals surface area contributed by atoms with Crippen molar-refractivity contribution in [1.29, 1.82) is 0 Å². The molecule has 1 aliphatic rings. The Morgan fingerprint density at radius 1 is 1.17 bits per heavy atom. The van der Waals surface area contributed by atoms with Crippen LogP contribution in [0.1, 0.15) is 29.2 Å². The highest BCUT2D eigenvalue weighted by molar-refractivity contribution is 14.0. The number of guanidine groups is 1. The summed E-state index contributed by atoms with van der Waals surface area (Å²) in [6.07, 6.45) is 4.29. The van der Waals surface area contributed by atoms with Crippen LogP contribution in [0.5, 0.6) is 0 Å². The zero-order valence-corrected chi connectivity index (χ0v) is 20.0. The molecule has 3 aromatic rings. The molecule has 1 aromatic heterocycles. The van der Waals surface area contributed by atoms with E-state index >= 15 is 0 Å². The van der Waals surface area contributed by atoms with E-state index in [0.717, 1.165) is 38.5 Å². The van der Waals surface area contributed by atoms with Crippen LogP contribution in [0.15, 0.2) is 59.7 Å². The highest BCUT2D eigenvalue weighted by atomic mass is 127. The first-order valence-electron chi connectivity index (χ1n) is 10.4. The SMILES string of the molecule is CN=C(NCCc1c[nH]c2cc(C)ccc12)NCC1CCOC1c1ccccc1.I. The van der Waals surface area contributed by atoms with Crippen molar-refractivity contribution in [1.82, 2.24) is 15.6 Å². The first-order chi connectivity index (χ1) is 14.2. The molecule has 2 heterocycles. The minimum absolute atomic E-state index is 0. The third kappa shape index (κ3) is 5.35. The van der Waals surface area contributed by atoms with Gasteiger partial charge < -0.3 is 20.4 Å². The predicted octanol–water partition coefficient (Wildman–Crippen LogP) is 4.58. The molecule has 1 fully saturated rings. The van der Waals surface area contributed by atoms with Gasteiger partial charge in [0.2, 0.25) is 0 Å². The summed E-state index contributed by atoms with van der Waals surface area (Å²) in [4.78, 5) is 7.76. The Hall–Kier alpha value is -2.06. The van der Waals surface area contributed by atoms with Gasteiger partial charge in [0.1, 0.15) is 0 Å². The second kappa shape index (κ2) is 10.8. The Kier molecular flexibility index (Phi) is 8.16. The second-order valence-corrected chi connectivity index (χ2v) is 7.74. The number of aromatic amines is 1. The number of aliphatic imine (C=N–C) groups is 1. The van der Waals surface area contributed by atoms with E-state index in [4.69, 9.17) is 4.74 Å². The number of halogens is 1. The lowest BCUT2D eigenvalue weighted by Crippen LogP contribution is -2.41. The molecular formula is C24H31IN4O. The van der Waals surface area contributed by atoms with Crippen LogP contribution in [-0.4, -0.2) is 37.7 Å². The number of fused-ring (bicyclic) bond motifs is 1. The van der Waals surface area contributed by atoms with Gasteiger partial charge >= 0.3 is 0 Å². The minimum Gasteiger partial charge on any atom is -0.373 e. The fourth-order valence-electron chi connectivity index (χ4n) is 4.12. The van der Waals surface area contributed by atoms with E-state index in [1.54, 1.807) is 0 Å². The third-order valence-corrected chi connectivity index (χ3v) is 5.71. The summed E-state index contributed by atoms with van der Waals surface area (Å²) in [5, 5.41) is 8.23. The predicted molar refractivity (Wildman–Crippen MR) is 135 cm³/mol.